The first-order chi connectivity index (χ1) is 18.3. The van der Waals surface area contributed by atoms with Crippen molar-refractivity contribution in [3.63, 3.8) is 0 Å². The number of halogens is 2. The van der Waals surface area contributed by atoms with Gasteiger partial charge in [0.05, 0.1) is 48.5 Å². The van der Waals surface area contributed by atoms with E-state index in [0.29, 0.717) is 33.0 Å². The first-order valence-electron chi connectivity index (χ1n) is 11.6. The minimum atomic E-state index is -3.83. The molecule has 4 rings (SSSR count). The van der Waals surface area contributed by atoms with Gasteiger partial charge in [-0.25, -0.2) is 8.42 Å². The third-order valence-electron chi connectivity index (χ3n) is 5.57. The standard InChI is InChI=1S/C25H24Cl2N6O4S2.Na/c1-25(2,23(35)30-39(3,36)37)11-10-15-4-8-20(18(26)12-15)28-22(34)14-38-24-29-31-32-33(24)21-9-7-17(13-19(21)27)16-5-6-16;/h4,7-9,12-13,16H,5-6,14H2,1-3H3,(H2,28,30,34,35);/q;+1/p-1. The van der Waals surface area contributed by atoms with E-state index >= 15 is 0 Å². The van der Waals surface area contributed by atoms with Gasteiger partial charge in [-0.15, -0.1) is 5.10 Å². The first-order valence-corrected chi connectivity index (χ1v) is 15.2. The van der Waals surface area contributed by atoms with Gasteiger partial charge < -0.3 is 14.8 Å². The normalized spacial score (nSPS) is 13.0. The molecule has 1 fully saturated rings. The van der Waals surface area contributed by atoms with Crippen molar-refractivity contribution in [1.82, 2.24) is 20.2 Å². The number of nitrogens with zero attached hydrogens (tertiary/aromatic N) is 5. The monoisotopic (exact) mass is 628 g/mol. The molecule has 1 aliphatic rings. The van der Waals surface area contributed by atoms with E-state index in [0.717, 1.165) is 18.0 Å². The molecule has 0 bridgehead atoms. The fraction of sp³-hybridized carbons (Fsp3) is 0.320. The third-order valence-corrected chi connectivity index (χ3v) is 7.60. The van der Waals surface area contributed by atoms with E-state index in [1.165, 1.54) is 43.0 Å². The molecule has 0 spiro atoms. The Morgan fingerprint density at radius 1 is 1.18 bits per heavy atom. The largest absolute Gasteiger partial charge is 1.00 e. The van der Waals surface area contributed by atoms with Gasteiger partial charge >= 0.3 is 29.6 Å². The fourth-order valence-electron chi connectivity index (χ4n) is 3.34. The molecule has 1 aromatic heterocycles. The number of amides is 2. The van der Waals surface area contributed by atoms with Crippen molar-refractivity contribution in [1.29, 1.82) is 0 Å². The second-order valence-electron chi connectivity index (χ2n) is 9.39. The summed E-state index contributed by atoms with van der Waals surface area (Å²) in [5.41, 5.74) is 1.34. The van der Waals surface area contributed by atoms with Gasteiger partial charge in [-0.3, -0.25) is 4.79 Å². The summed E-state index contributed by atoms with van der Waals surface area (Å²) in [7, 11) is -3.83. The number of thioether (sulfide) groups is 1. The van der Waals surface area contributed by atoms with E-state index in [-0.39, 0.29) is 46.2 Å². The predicted molar refractivity (Wildman–Crippen MR) is 151 cm³/mol. The smallest absolute Gasteiger partial charge is 0.545 e. The van der Waals surface area contributed by atoms with E-state index in [1.54, 1.807) is 12.1 Å². The van der Waals surface area contributed by atoms with E-state index in [1.807, 2.05) is 18.2 Å². The summed E-state index contributed by atoms with van der Waals surface area (Å²) >= 11 is 13.9. The van der Waals surface area contributed by atoms with Gasteiger partial charge in [-0.2, -0.15) is 4.68 Å². The maximum atomic E-state index is 12.6. The number of aromatic nitrogens is 4. The second-order valence-corrected chi connectivity index (χ2v) is 12.8. The van der Waals surface area contributed by atoms with Crippen LogP contribution >= 0.6 is 35.0 Å². The Hall–Kier alpha value is -2.11. The van der Waals surface area contributed by atoms with Gasteiger partial charge in [0.25, 0.3) is 0 Å². The minimum absolute atomic E-state index is 0. The van der Waals surface area contributed by atoms with Gasteiger partial charge in [0.15, 0.2) is 0 Å². The van der Waals surface area contributed by atoms with Crippen molar-refractivity contribution in [2.24, 2.45) is 5.41 Å². The summed E-state index contributed by atoms with van der Waals surface area (Å²) in [5.74, 6) is 4.88. The Bertz CT molecular complexity index is 1610. The zero-order valence-corrected chi connectivity index (χ0v) is 27.2. The van der Waals surface area contributed by atoms with Crippen molar-refractivity contribution in [2.45, 2.75) is 37.8 Å². The van der Waals surface area contributed by atoms with Crippen LogP contribution in [0, 0.1) is 17.3 Å². The van der Waals surface area contributed by atoms with Crippen molar-refractivity contribution in [2.75, 3.05) is 17.3 Å². The van der Waals surface area contributed by atoms with Crippen LogP contribution in [0.1, 0.15) is 43.7 Å². The molecular weight excluding hydrogens is 606 g/mol. The van der Waals surface area contributed by atoms with Crippen molar-refractivity contribution in [3.8, 4) is 17.5 Å². The molecule has 0 aliphatic heterocycles. The summed E-state index contributed by atoms with van der Waals surface area (Å²) in [4.78, 5) is 24.7. The van der Waals surface area contributed by atoms with E-state index < -0.39 is 21.3 Å². The van der Waals surface area contributed by atoms with Crippen molar-refractivity contribution in [3.05, 3.63) is 62.3 Å². The van der Waals surface area contributed by atoms with Crippen LogP contribution in [-0.2, 0) is 19.6 Å². The summed E-state index contributed by atoms with van der Waals surface area (Å²) in [6, 6.07) is 10.5. The molecule has 1 N–H and O–H groups in total. The van der Waals surface area contributed by atoms with Crippen LogP contribution in [0.3, 0.4) is 0 Å². The quantitative estimate of drug-likeness (QED) is 0.226. The predicted octanol–water partition coefficient (Wildman–Crippen LogP) is 1.82. The van der Waals surface area contributed by atoms with Crippen molar-refractivity contribution >= 4 is 62.5 Å². The average Bonchev–Trinajstić information content (AvgIpc) is 3.60. The van der Waals surface area contributed by atoms with Crippen molar-refractivity contribution < 1.29 is 47.6 Å². The Balaban J connectivity index is 0.00000441. The van der Waals surface area contributed by atoms with Crippen LogP contribution in [0.4, 0.5) is 5.69 Å². The molecule has 1 heterocycles. The molecule has 40 heavy (non-hydrogen) atoms. The van der Waals surface area contributed by atoms with Crippen LogP contribution in [0.25, 0.3) is 10.4 Å². The maximum absolute atomic E-state index is 12.6. The zero-order valence-electron chi connectivity index (χ0n) is 22.1. The Morgan fingerprint density at radius 3 is 2.52 bits per heavy atom. The summed E-state index contributed by atoms with van der Waals surface area (Å²) in [5, 5.41) is 15.6. The number of sulfonamides is 1. The number of nitrogens with one attached hydrogen (secondary N) is 1. The van der Waals surface area contributed by atoms with Gasteiger partial charge in [-0.05, 0) is 78.9 Å². The summed E-state index contributed by atoms with van der Waals surface area (Å²) < 4.78 is 27.2. The number of anilines is 1. The second kappa shape index (κ2) is 13.2. The zero-order chi connectivity index (χ0) is 28.4. The molecular formula is C25H23Cl2N6NaO4S2. The molecule has 0 unspecified atom stereocenters. The molecule has 1 saturated carbocycles. The number of benzene rings is 2. The number of hydrogen-bond donors (Lipinski definition) is 1. The van der Waals surface area contributed by atoms with Crippen LogP contribution in [0.5, 0.6) is 0 Å². The SMILES string of the molecule is CC(C)(C#Cc1ccc(NC(=O)CSc2nnnn2-c2ccc(C3CC3)cc2Cl)c(Cl)c1)C(=O)[N-]S(C)(=O)=O.[Na+]. The van der Waals surface area contributed by atoms with E-state index in [4.69, 9.17) is 23.2 Å². The van der Waals surface area contributed by atoms with Gasteiger partial charge in [0, 0.05) is 11.8 Å². The van der Waals surface area contributed by atoms with Gasteiger partial charge in [-0.1, -0.05) is 52.9 Å². The number of rotatable bonds is 8. The first kappa shape index (κ1) is 32.4. The fourth-order valence-corrected chi connectivity index (χ4v) is 5.05. The molecule has 0 atom stereocenters. The molecule has 1 aliphatic carbocycles. The van der Waals surface area contributed by atoms with Crippen LogP contribution in [0.2, 0.25) is 10.0 Å². The van der Waals surface area contributed by atoms with Gasteiger partial charge in [0.1, 0.15) is 0 Å². The molecule has 2 amide bonds. The third kappa shape index (κ3) is 8.69. The maximum Gasteiger partial charge on any atom is 1.00 e. The van der Waals surface area contributed by atoms with E-state index in [9.17, 15) is 18.0 Å². The molecule has 0 saturated heterocycles. The molecule has 0 radical (unpaired) electrons. The summed E-state index contributed by atoms with van der Waals surface area (Å²) in [6.45, 7) is 2.94. The Kier molecular flexibility index (Phi) is 10.7. The molecule has 15 heteroatoms. The Labute approximate surface area is 268 Å². The topological polar surface area (TPSA) is 138 Å². The van der Waals surface area contributed by atoms with Crippen LogP contribution < -0.4 is 34.9 Å². The Morgan fingerprint density at radius 2 is 1.90 bits per heavy atom. The van der Waals surface area contributed by atoms with Gasteiger partial charge in [0.2, 0.25) is 11.1 Å². The number of tetrazole rings is 1. The number of hydrogen-bond acceptors (Lipinski definition) is 8. The number of carbonyl (C=O) groups is 2. The minimum Gasteiger partial charge on any atom is -0.545 e. The van der Waals surface area contributed by atoms with Crippen LogP contribution in [0.15, 0.2) is 41.6 Å². The molecule has 2 aromatic carbocycles. The van der Waals surface area contributed by atoms with E-state index in [2.05, 4.69) is 37.4 Å². The molecule has 204 valence electrons. The molecule has 10 nitrogen and oxygen atoms in total. The average molecular weight is 630 g/mol. The molecule has 3 aromatic rings. The summed E-state index contributed by atoms with van der Waals surface area (Å²) in [6.07, 6.45) is 3.17. The number of carbonyl (C=O) groups excluding carboxylic acids is 2. The van der Waals surface area contributed by atoms with Crippen LogP contribution in [-0.4, -0.2) is 52.4 Å².